The van der Waals surface area contributed by atoms with E-state index in [0.717, 1.165) is 29.4 Å². The number of nitrogens with zero attached hydrogens (tertiary/aromatic N) is 2. The van der Waals surface area contributed by atoms with E-state index in [4.69, 9.17) is 9.68 Å². The van der Waals surface area contributed by atoms with Crippen LogP contribution >= 0.6 is 0 Å². The van der Waals surface area contributed by atoms with Crippen molar-refractivity contribution in [3.05, 3.63) is 51.6 Å². The molecule has 0 aliphatic rings. The van der Waals surface area contributed by atoms with E-state index in [0.29, 0.717) is 5.58 Å². The number of aryl methyl sites for hydroxylation is 2. The van der Waals surface area contributed by atoms with Gasteiger partial charge in [-0.1, -0.05) is 19.9 Å². The summed E-state index contributed by atoms with van der Waals surface area (Å²) in [5.74, 6) is 0. The number of aromatic nitrogens is 1. The highest BCUT2D eigenvalue weighted by molar-refractivity contribution is 5.96. The molecular formula is C16H14N2O2. The van der Waals surface area contributed by atoms with E-state index in [1.165, 1.54) is 5.56 Å². The van der Waals surface area contributed by atoms with E-state index >= 15 is 0 Å². The molecule has 3 heterocycles. The van der Waals surface area contributed by atoms with Crippen molar-refractivity contribution < 1.29 is 4.42 Å². The molecule has 100 valence electrons. The molecule has 4 heteroatoms. The van der Waals surface area contributed by atoms with Gasteiger partial charge < -0.3 is 8.82 Å². The second-order valence-electron chi connectivity index (χ2n) is 4.75. The number of pyridine rings is 1. The third-order valence-electron chi connectivity index (χ3n) is 3.65. The van der Waals surface area contributed by atoms with Gasteiger partial charge in [0.25, 0.3) is 0 Å². The highest BCUT2D eigenvalue weighted by Crippen LogP contribution is 2.27. The van der Waals surface area contributed by atoms with Crippen LogP contribution in [0.15, 0.2) is 33.6 Å². The van der Waals surface area contributed by atoms with Crippen molar-refractivity contribution in [1.29, 1.82) is 5.26 Å². The fourth-order valence-electron chi connectivity index (χ4n) is 2.59. The molecule has 3 rings (SSSR count). The van der Waals surface area contributed by atoms with Crippen molar-refractivity contribution in [3.63, 3.8) is 0 Å². The largest absolute Gasteiger partial charge is 0.420 e. The number of nitriles is 1. The Morgan fingerprint density at radius 1 is 1.30 bits per heavy atom. The van der Waals surface area contributed by atoms with E-state index in [1.807, 2.05) is 19.1 Å². The maximum Gasteiger partial charge on any atom is 0.354 e. The monoisotopic (exact) mass is 266 g/mol. The maximum absolute atomic E-state index is 11.7. The first-order valence-corrected chi connectivity index (χ1v) is 6.69. The summed E-state index contributed by atoms with van der Waals surface area (Å²) in [6, 6.07) is 7.59. The molecule has 0 spiro atoms. The summed E-state index contributed by atoms with van der Waals surface area (Å²) in [5, 5.41) is 9.80. The van der Waals surface area contributed by atoms with Crippen molar-refractivity contribution in [2.24, 2.45) is 0 Å². The molecule has 0 aliphatic carbocycles. The topological polar surface area (TPSA) is 58.4 Å². The Bertz CT molecular complexity index is 910. The molecule has 20 heavy (non-hydrogen) atoms. The lowest BCUT2D eigenvalue weighted by Gasteiger charge is -2.02. The molecule has 3 aromatic heterocycles. The SMILES string of the molecule is CCc1ccc2c3cc(C#N)c(=O)oc3c(CC)n2c1. The summed E-state index contributed by atoms with van der Waals surface area (Å²) >= 11 is 0. The van der Waals surface area contributed by atoms with E-state index in [-0.39, 0.29) is 5.56 Å². The van der Waals surface area contributed by atoms with Crippen LogP contribution < -0.4 is 5.63 Å². The Hall–Kier alpha value is -2.54. The minimum atomic E-state index is -0.568. The Balaban J connectivity index is 2.53. The molecule has 0 saturated heterocycles. The smallest absolute Gasteiger partial charge is 0.354 e. The third-order valence-corrected chi connectivity index (χ3v) is 3.65. The van der Waals surface area contributed by atoms with E-state index in [2.05, 4.69) is 23.6 Å². The van der Waals surface area contributed by atoms with Crippen molar-refractivity contribution >= 4 is 16.5 Å². The highest BCUT2D eigenvalue weighted by atomic mass is 16.4. The molecule has 0 fully saturated rings. The molecule has 0 aromatic carbocycles. The Kier molecular flexibility index (Phi) is 2.83. The fraction of sp³-hybridized carbons (Fsp3) is 0.250. The lowest BCUT2D eigenvalue weighted by atomic mass is 10.2. The van der Waals surface area contributed by atoms with Crippen LogP contribution in [-0.4, -0.2) is 4.40 Å². The molecular weight excluding hydrogens is 252 g/mol. The van der Waals surface area contributed by atoms with Crippen LogP contribution in [0.1, 0.15) is 30.7 Å². The van der Waals surface area contributed by atoms with Crippen LogP contribution in [0.3, 0.4) is 0 Å². The maximum atomic E-state index is 11.7. The summed E-state index contributed by atoms with van der Waals surface area (Å²) in [4.78, 5) is 11.7. The highest BCUT2D eigenvalue weighted by Gasteiger charge is 2.15. The fourth-order valence-corrected chi connectivity index (χ4v) is 2.59. The van der Waals surface area contributed by atoms with Gasteiger partial charge in [-0.25, -0.2) is 4.79 Å². The molecule has 4 nitrogen and oxygen atoms in total. The molecule has 0 amide bonds. The summed E-state index contributed by atoms with van der Waals surface area (Å²) in [5.41, 5.74) is 3.22. The zero-order valence-corrected chi connectivity index (χ0v) is 11.4. The van der Waals surface area contributed by atoms with Gasteiger partial charge >= 0.3 is 5.63 Å². The predicted molar refractivity (Wildman–Crippen MR) is 76.9 cm³/mol. The molecule has 3 aromatic rings. The van der Waals surface area contributed by atoms with Gasteiger partial charge in [-0.05, 0) is 30.5 Å². The number of hydrogen-bond donors (Lipinski definition) is 0. The Morgan fingerprint density at radius 3 is 2.75 bits per heavy atom. The van der Waals surface area contributed by atoms with Gasteiger partial charge in [0, 0.05) is 11.6 Å². The standard InChI is InChI=1S/C16H14N2O2/c1-3-10-5-6-14-12-7-11(8-17)16(19)20-15(12)13(4-2)18(14)9-10/h5-7,9H,3-4H2,1-2H3. The van der Waals surface area contributed by atoms with Crippen molar-refractivity contribution in [2.75, 3.05) is 0 Å². The second-order valence-corrected chi connectivity index (χ2v) is 4.75. The number of fused-ring (bicyclic) bond motifs is 3. The first kappa shape index (κ1) is 12.5. The first-order chi connectivity index (χ1) is 9.69. The summed E-state index contributed by atoms with van der Waals surface area (Å²) < 4.78 is 7.43. The minimum Gasteiger partial charge on any atom is -0.420 e. The average molecular weight is 266 g/mol. The molecule has 0 aliphatic heterocycles. The van der Waals surface area contributed by atoms with Crippen LogP contribution in [0, 0.1) is 11.3 Å². The Labute approximate surface area is 115 Å². The Morgan fingerprint density at radius 2 is 2.10 bits per heavy atom. The van der Waals surface area contributed by atoms with Crippen LogP contribution in [0.25, 0.3) is 16.5 Å². The molecule has 0 N–H and O–H groups in total. The number of rotatable bonds is 2. The predicted octanol–water partition coefficient (Wildman–Crippen LogP) is 3.04. The lowest BCUT2D eigenvalue weighted by molar-refractivity contribution is 0.554. The quantitative estimate of drug-likeness (QED) is 0.716. The summed E-state index contributed by atoms with van der Waals surface area (Å²) in [7, 11) is 0. The van der Waals surface area contributed by atoms with Crippen LogP contribution in [0.4, 0.5) is 0 Å². The summed E-state index contributed by atoms with van der Waals surface area (Å²) in [6.45, 7) is 4.13. The van der Waals surface area contributed by atoms with Crippen molar-refractivity contribution in [1.82, 2.24) is 4.40 Å². The van der Waals surface area contributed by atoms with Gasteiger partial charge in [-0.15, -0.1) is 0 Å². The molecule has 0 unspecified atom stereocenters. The van der Waals surface area contributed by atoms with Crippen LogP contribution in [-0.2, 0) is 12.8 Å². The van der Waals surface area contributed by atoms with Gasteiger partial charge in [-0.3, -0.25) is 0 Å². The van der Waals surface area contributed by atoms with Crippen LogP contribution in [0.2, 0.25) is 0 Å². The molecule has 0 bridgehead atoms. The molecule has 0 atom stereocenters. The van der Waals surface area contributed by atoms with Crippen molar-refractivity contribution in [3.8, 4) is 6.07 Å². The van der Waals surface area contributed by atoms with E-state index in [9.17, 15) is 4.79 Å². The van der Waals surface area contributed by atoms with Gasteiger partial charge in [0.05, 0.1) is 11.2 Å². The third kappa shape index (κ3) is 1.64. The zero-order valence-electron chi connectivity index (χ0n) is 11.4. The van der Waals surface area contributed by atoms with Gasteiger partial charge in [0.2, 0.25) is 0 Å². The lowest BCUT2D eigenvalue weighted by Crippen LogP contribution is -2.02. The van der Waals surface area contributed by atoms with Crippen LogP contribution in [0.5, 0.6) is 0 Å². The normalized spacial score (nSPS) is 11.1. The van der Waals surface area contributed by atoms with E-state index in [1.54, 1.807) is 6.07 Å². The molecule has 0 radical (unpaired) electrons. The van der Waals surface area contributed by atoms with Gasteiger partial charge in [-0.2, -0.15) is 5.26 Å². The zero-order chi connectivity index (χ0) is 14.3. The summed E-state index contributed by atoms with van der Waals surface area (Å²) in [6.07, 6.45) is 3.77. The molecule has 0 saturated carbocycles. The van der Waals surface area contributed by atoms with Gasteiger partial charge in [0.15, 0.2) is 5.58 Å². The number of hydrogen-bond acceptors (Lipinski definition) is 3. The van der Waals surface area contributed by atoms with Gasteiger partial charge in [0.1, 0.15) is 11.6 Å². The first-order valence-electron chi connectivity index (χ1n) is 6.69. The second kappa shape index (κ2) is 4.53. The van der Waals surface area contributed by atoms with Crippen molar-refractivity contribution in [2.45, 2.75) is 26.7 Å². The van der Waals surface area contributed by atoms with E-state index < -0.39 is 5.63 Å². The average Bonchev–Trinajstić information content (AvgIpc) is 2.77. The minimum absolute atomic E-state index is 0.0484.